The van der Waals surface area contributed by atoms with E-state index in [-0.39, 0.29) is 5.15 Å². The number of carbonyl (C=O) groups excluding carboxylic acids is 1. The van der Waals surface area contributed by atoms with Crippen molar-refractivity contribution >= 4 is 59.1 Å². The van der Waals surface area contributed by atoms with E-state index in [2.05, 4.69) is 4.98 Å². The van der Waals surface area contributed by atoms with Crippen LogP contribution in [0, 0.1) is 0 Å². The molecule has 0 fully saturated rings. The molecule has 16 heavy (non-hydrogen) atoms. The van der Waals surface area contributed by atoms with Crippen LogP contribution in [0.5, 0.6) is 0 Å². The molecule has 2 nitrogen and oxygen atoms in total. The van der Waals surface area contributed by atoms with Gasteiger partial charge >= 0.3 is 0 Å². The molecule has 1 aliphatic rings. The van der Waals surface area contributed by atoms with Gasteiger partial charge in [0.15, 0.2) is 6.29 Å². The van der Waals surface area contributed by atoms with Crippen LogP contribution in [0.25, 0.3) is 6.08 Å². The van der Waals surface area contributed by atoms with Crippen LogP contribution < -0.4 is 0 Å². The summed E-state index contributed by atoms with van der Waals surface area (Å²) >= 11 is 14.9. The van der Waals surface area contributed by atoms with Crippen LogP contribution in [0.4, 0.5) is 0 Å². The number of aromatic nitrogens is 1. The number of rotatable bonds is 2. The molecule has 0 aromatic carbocycles. The van der Waals surface area contributed by atoms with Crippen molar-refractivity contribution in [1.82, 2.24) is 4.98 Å². The van der Waals surface area contributed by atoms with Crippen molar-refractivity contribution in [2.24, 2.45) is 0 Å². The van der Waals surface area contributed by atoms with Crippen molar-refractivity contribution in [2.75, 3.05) is 0 Å². The molecule has 2 heterocycles. The quantitative estimate of drug-likeness (QED) is 0.594. The minimum absolute atomic E-state index is 0.131. The third kappa shape index (κ3) is 2.63. The molecule has 82 valence electrons. The first-order valence-electron chi connectivity index (χ1n) is 4.22. The molecule has 6 heteroatoms. The van der Waals surface area contributed by atoms with Gasteiger partial charge in [0.05, 0.1) is 5.56 Å². The average molecular weight is 290 g/mol. The van der Waals surface area contributed by atoms with Gasteiger partial charge in [0.25, 0.3) is 0 Å². The van der Waals surface area contributed by atoms with Gasteiger partial charge in [-0.15, -0.1) is 0 Å². The fraction of sp³-hybridized carbons (Fsp3) is 0. The van der Waals surface area contributed by atoms with E-state index in [9.17, 15) is 4.79 Å². The van der Waals surface area contributed by atoms with Crippen LogP contribution in [-0.4, -0.2) is 11.3 Å². The molecule has 1 aromatic heterocycles. The molecule has 0 amide bonds. The second kappa shape index (κ2) is 5.27. The molecule has 0 saturated carbocycles. The maximum Gasteiger partial charge on any atom is 0.153 e. The van der Waals surface area contributed by atoms with E-state index >= 15 is 0 Å². The summed E-state index contributed by atoms with van der Waals surface area (Å²) in [6.07, 6.45) is 2.55. The molecular weight excluding hydrogens is 285 g/mol. The normalized spacial score (nSPS) is 14.2. The van der Waals surface area contributed by atoms with Gasteiger partial charge in [-0.05, 0) is 23.0 Å². The minimum atomic E-state index is 0.131. The monoisotopic (exact) mass is 289 g/mol. The lowest BCUT2D eigenvalue weighted by atomic mass is 10.2. The zero-order valence-electron chi connectivity index (χ0n) is 7.81. The smallest absolute Gasteiger partial charge is 0.153 e. The summed E-state index contributed by atoms with van der Waals surface area (Å²) in [5, 5.41) is 4.39. The van der Waals surface area contributed by atoms with E-state index in [0.29, 0.717) is 22.6 Å². The van der Waals surface area contributed by atoms with Gasteiger partial charge in [-0.25, -0.2) is 4.98 Å². The number of halogens is 2. The van der Waals surface area contributed by atoms with Crippen molar-refractivity contribution in [2.45, 2.75) is 0 Å². The second-order valence-corrected chi connectivity index (χ2v) is 5.71. The maximum absolute atomic E-state index is 10.7. The lowest BCUT2D eigenvalue weighted by Gasteiger charge is -2.02. The topological polar surface area (TPSA) is 30.0 Å². The van der Waals surface area contributed by atoms with E-state index in [1.807, 2.05) is 16.9 Å². The molecule has 0 saturated heterocycles. The second-order valence-electron chi connectivity index (χ2n) is 2.84. The standard InChI is InChI=1S/C10H5Cl2NOS2/c11-9-6(4-8-15-1-2-16-8)3-7(5-14)10(12)13-9/h1-5H. The van der Waals surface area contributed by atoms with Crippen LogP contribution in [0.15, 0.2) is 21.1 Å². The Labute approximate surface area is 111 Å². The molecule has 1 aliphatic heterocycles. The Morgan fingerprint density at radius 1 is 1.12 bits per heavy atom. The molecule has 0 unspecified atom stereocenters. The summed E-state index contributed by atoms with van der Waals surface area (Å²) in [6, 6.07) is 1.64. The largest absolute Gasteiger partial charge is 0.298 e. The Balaban J connectivity index is 2.40. The third-order valence-corrected chi connectivity index (χ3v) is 4.41. The average Bonchev–Trinajstić information content (AvgIpc) is 2.75. The van der Waals surface area contributed by atoms with Crippen LogP contribution in [0.1, 0.15) is 15.9 Å². The van der Waals surface area contributed by atoms with Crippen molar-refractivity contribution in [1.29, 1.82) is 0 Å². The van der Waals surface area contributed by atoms with Gasteiger partial charge in [-0.1, -0.05) is 46.7 Å². The molecule has 1 aromatic rings. The highest BCUT2D eigenvalue weighted by Crippen LogP contribution is 2.39. The Bertz CT molecular complexity index is 490. The van der Waals surface area contributed by atoms with Crippen molar-refractivity contribution < 1.29 is 4.79 Å². The summed E-state index contributed by atoms with van der Waals surface area (Å²) in [5.74, 6) is 0. The van der Waals surface area contributed by atoms with E-state index in [1.165, 1.54) is 0 Å². The maximum atomic E-state index is 10.7. The van der Waals surface area contributed by atoms with E-state index in [1.54, 1.807) is 29.6 Å². The molecule has 0 atom stereocenters. The van der Waals surface area contributed by atoms with Crippen molar-refractivity contribution in [3.05, 3.63) is 42.6 Å². The Morgan fingerprint density at radius 2 is 1.75 bits per heavy atom. The summed E-state index contributed by atoms with van der Waals surface area (Å²) in [6.45, 7) is 0. The van der Waals surface area contributed by atoms with Crippen molar-refractivity contribution in [3.8, 4) is 0 Å². The number of hydrogen-bond donors (Lipinski definition) is 0. The van der Waals surface area contributed by atoms with E-state index < -0.39 is 0 Å². The molecule has 0 bridgehead atoms. The van der Waals surface area contributed by atoms with E-state index in [4.69, 9.17) is 23.2 Å². The van der Waals surface area contributed by atoms with Crippen LogP contribution in [0.3, 0.4) is 0 Å². The molecular formula is C10H5Cl2NOS2. The summed E-state index contributed by atoms with van der Waals surface area (Å²) in [5.41, 5.74) is 1.05. The van der Waals surface area contributed by atoms with Gasteiger partial charge in [0, 0.05) is 9.80 Å². The Hall–Kier alpha value is -0.420. The molecule has 0 aliphatic carbocycles. The third-order valence-electron chi connectivity index (χ3n) is 1.81. The van der Waals surface area contributed by atoms with E-state index in [0.717, 1.165) is 4.24 Å². The Morgan fingerprint density at radius 3 is 2.38 bits per heavy atom. The first-order chi connectivity index (χ1) is 7.70. The highest BCUT2D eigenvalue weighted by Gasteiger charge is 2.09. The molecule has 0 spiro atoms. The zero-order valence-corrected chi connectivity index (χ0v) is 11.0. The highest BCUT2D eigenvalue weighted by molar-refractivity contribution is 8.27. The summed E-state index contributed by atoms with van der Waals surface area (Å²) < 4.78 is 1.09. The molecule has 0 radical (unpaired) electrons. The number of hydrogen-bond acceptors (Lipinski definition) is 4. The number of nitrogens with zero attached hydrogens (tertiary/aromatic N) is 1. The van der Waals surface area contributed by atoms with Crippen LogP contribution in [0.2, 0.25) is 10.3 Å². The van der Waals surface area contributed by atoms with Gasteiger partial charge in [0.2, 0.25) is 0 Å². The molecule has 0 N–H and O–H groups in total. The summed E-state index contributed by atoms with van der Waals surface area (Å²) in [7, 11) is 0. The number of thioether (sulfide) groups is 2. The fourth-order valence-electron chi connectivity index (χ4n) is 1.10. The minimum Gasteiger partial charge on any atom is -0.298 e. The highest BCUT2D eigenvalue weighted by atomic mass is 35.5. The lowest BCUT2D eigenvalue weighted by molar-refractivity contribution is 0.112. The lowest BCUT2D eigenvalue weighted by Crippen LogP contribution is -1.90. The van der Waals surface area contributed by atoms with Crippen molar-refractivity contribution in [3.63, 3.8) is 0 Å². The molecule has 2 rings (SSSR count). The Kier molecular flexibility index (Phi) is 3.97. The van der Waals surface area contributed by atoms with Gasteiger partial charge in [-0.2, -0.15) is 0 Å². The first-order valence-corrected chi connectivity index (χ1v) is 6.73. The number of carbonyl (C=O) groups is 1. The van der Waals surface area contributed by atoms with Crippen LogP contribution >= 0.6 is 46.7 Å². The van der Waals surface area contributed by atoms with Gasteiger partial charge in [-0.3, -0.25) is 4.79 Å². The number of pyridine rings is 1. The number of aldehydes is 1. The van der Waals surface area contributed by atoms with Gasteiger partial charge < -0.3 is 0 Å². The fourth-order valence-corrected chi connectivity index (χ4v) is 3.18. The van der Waals surface area contributed by atoms with Crippen LogP contribution in [-0.2, 0) is 0 Å². The predicted molar refractivity (Wildman–Crippen MR) is 71.9 cm³/mol. The zero-order chi connectivity index (χ0) is 11.5. The SMILES string of the molecule is O=Cc1cc(C=C2SC=CS2)c(Cl)nc1Cl. The summed E-state index contributed by atoms with van der Waals surface area (Å²) in [4.78, 5) is 14.6. The first kappa shape index (κ1) is 12.0. The van der Waals surface area contributed by atoms with Gasteiger partial charge in [0.1, 0.15) is 10.3 Å². The predicted octanol–water partition coefficient (Wildman–Crippen LogP) is 4.45.